The monoisotopic (exact) mass is 357 g/mol. The summed E-state index contributed by atoms with van der Waals surface area (Å²) in [5, 5.41) is 4.98. The maximum Gasteiger partial charge on any atom is 0.124 e. The van der Waals surface area contributed by atoms with Crippen molar-refractivity contribution in [2.75, 3.05) is 7.11 Å². The highest BCUT2D eigenvalue weighted by molar-refractivity contribution is 9.10. The fourth-order valence-electron chi connectivity index (χ4n) is 2.17. The Bertz CT molecular complexity index is 600. The first-order valence-electron chi connectivity index (χ1n) is 6.38. The molecule has 0 aliphatic carbocycles. The van der Waals surface area contributed by atoms with Crippen LogP contribution in [-0.4, -0.2) is 16.9 Å². The molecule has 0 saturated heterocycles. The minimum absolute atomic E-state index is 0.355. The van der Waals surface area contributed by atoms with Crippen LogP contribution in [0.4, 0.5) is 0 Å². The maximum absolute atomic E-state index is 6.41. The number of hydrogen-bond donors (Lipinski definition) is 1. The van der Waals surface area contributed by atoms with E-state index in [1.165, 1.54) is 0 Å². The summed E-state index contributed by atoms with van der Waals surface area (Å²) in [6.45, 7) is 2.92. The SMILES string of the molecule is CCCn1ncc(Br)c1C(N)c1cc(Cl)ccc1OC. The number of hydrogen-bond acceptors (Lipinski definition) is 3. The molecule has 1 heterocycles. The number of aromatic nitrogens is 2. The molecule has 0 aliphatic rings. The van der Waals surface area contributed by atoms with Gasteiger partial charge in [0, 0.05) is 17.1 Å². The highest BCUT2D eigenvalue weighted by Crippen LogP contribution is 2.33. The first kappa shape index (κ1) is 15.4. The van der Waals surface area contributed by atoms with Crippen molar-refractivity contribution in [3.63, 3.8) is 0 Å². The lowest BCUT2D eigenvalue weighted by atomic mass is 10.0. The molecular weight excluding hydrogens is 342 g/mol. The molecule has 0 saturated carbocycles. The van der Waals surface area contributed by atoms with Gasteiger partial charge in [-0.25, -0.2) is 0 Å². The van der Waals surface area contributed by atoms with E-state index in [-0.39, 0.29) is 6.04 Å². The Kier molecular flexibility index (Phi) is 5.07. The molecule has 2 aromatic rings. The van der Waals surface area contributed by atoms with Crippen LogP contribution in [0.3, 0.4) is 0 Å². The predicted molar refractivity (Wildman–Crippen MR) is 84.3 cm³/mol. The van der Waals surface area contributed by atoms with Gasteiger partial charge in [0.05, 0.1) is 29.5 Å². The van der Waals surface area contributed by atoms with Gasteiger partial charge in [-0.2, -0.15) is 5.10 Å². The zero-order chi connectivity index (χ0) is 14.7. The highest BCUT2D eigenvalue weighted by Gasteiger charge is 2.21. The summed E-state index contributed by atoms with van der Waals surface area (Å²) in [6, 6.07) is 5.09. The summed E-state index contributed by atoms with van der Waals surface area (Å²) in [5.41, 5.74) is 8.18. The van der Waals surface area contributed by atoms with Crippen LogP contribution < -0.4 is 10.5 Å². The first-order valence-corrected chi connectivity index (χ1v) is 7.55. The van der Waals surface area contributed by atoms with Crippen LogP contribution in [0, 0.1) is 0 Å². The zero-order valence-corrected chi connectivity index (χ0v) is 13.8. The van der Waals surface area contributed by atoms with Crippen LogP contribution in [0.15, 0.2) is 28.9 Å². The molecule has 0 radical (unpaired) electrons. The zero-order valence-electron chi connectivity index (χ0n) is 11.4. The van der Waals surface area contributed by atoms with E-state index in [1.807, 2.05) is 16.8 Å². The van der Waals surface area contributed by atoms with Crippen molar-refractivity contribution in [2.45, 2.75) is 25.9 Å². The summed E-state index contributed by atoms with van der Waals surface area (Å²) in [7, 11) is 1.62. The van der Waals surface area contributed by atoms with Crippen LogP contribution in [0.2, 0.25) is 5.02 Å². The Labute approximate surface area is 132 Å². The summed E-state index contributed by atoms with van der Waals surface area (Å²) in [6.07, 6.45) is 2.75. The van der Waals surface area contributed by atoms with Crippen molar-refractivity contribution < 1.29 is 4.74 Å². The van der Waals surface area contributed by atoms with E-state index in [2.05, 4.69) is 28.0 Å². The summed E-state index contributed by atoms with van der Waals surface area (Å²) in [5.74, 6) is 0.720. The third-order valence-electron chi connectivity index (χ3n) is 3.09. The maximum atomic E-state index is 6.41. The lowest BCUT2D eigenvalue weighted by Crippen LogP contribution is -2.19. The topological polar surface area (TPSA) is 53.1 Å². The molecule has 0 aliphatic heterocycles. The van der Waals surface area contributed by atoms with Gasteiger partial charge in [0.25, 0.3) is 0 Å². The second kappa shape index (κ2) is 6.61. The summed E-state index contributed by atoms with van der Waals surface area (Å²) < 4.78 is 8.18. The number of nitrogens with zero attached hydrogens (tertiary/aromatic N) is 2. The number of benzene rings is 1. The van der Waals surface area contributed by atoms with Gasteiger partial charge in [-0.3, -0.25) is 4.68 Å². The third-order valence-corrected chi connectivity index (χ3v) is 3.94. The molecule has 20 heavy (non-hydrogen) atoms. The van der Waals surface area contributed by atoms with Crippen LogP contribution in [0.5, 0.6) is 5.75 Å². The fourth-order valence-corrected chi connectivity index (χ4v) is 2.89. The number of methoxy groups -OCH3 is 1. The van der Waals surface area contributed by atoms with Gasteiger partial charge >= 0.3 is 0 Å². The molecule has 1 aromatic carbocycles. The molecule has 2 rings (SSSR count). The van der Waals surface area contributed by atoms with E-state index >= 15 is 0 Å². The smallest absolute Gasteiger partial charge is 0.124 e. The lowest BCUT2D eigenvalue weighted by Gasteiger charge is -2.18. The number of aryl methyl sites for hydroxylation is 1. The summed E-state index contributed by atoms with van der Waals surface area (Å²) in [4.78, 5) is 0. The van der Waals surface area contributed by atoms with Gasteiger partial charge in [-0.05, 0) is 40.5 Å². The van der Waals surface area contributed by atoms with E-state index < -0.39 is 0 Å². The number of ether oxygens (including phenoxy) is 1. The van der Waals surface area contributed by atoms with Crippen LogP contribution in [-0.2, 0) is 6.54 Å². The highest BCUT2D eigenvalue weighted by atomic mass is 79.9. The van der Waals surface area contributed by atoms with Crippen molar-refractivity contribution in [2.24, 2.45) is 5.73 Å². The first-order chi connectivity index (χ1) is 9.58. The third kappa shape index (κ3) is 3.00. The number of halogens is 2. The molecule has 2 N–H and O–H groups in total. The Morgan fingerprint density at radius 2 is 2.25 bits per heavy atom. The average molecular weight is 359 g/mol. The standard InChI is InChI=1S/C14H17BrClN3O/c1-3-6-19-14(11(15)8-18-19)13(17)10-7-9(16)4-5-12(10)20-2/h4-5,7-8,13H,3,6,17H2,1-2H3. The number of rotatable bonds is 5. The van der Waals surface area contributed by atoms with Crippen molar-refractivity contribution >= 4 is 27.5 Å². The van der Waals surface area contributed by atoms with Crippen molar-refractivity contribution in [1.29, 1.82) is 0 Å². The van der Waals surface area contributed by atoms with Crippen LogP contribution in [0.1, 0.15) is 30.6 Å². The largest absolute Gasteiger partial charge is 0.496 e. The van der Waals surface area contributed by atoms with Gasteiger partial charge < -0.3 is 10.5 Å². The second-order valence-electron chi connectivity index (χ2n) is 4.46. The van der Waals surface area contributed by atoms with E-state index in [9.17, 15) is 0 Å². The Morgan fingerprint density at radius 3 is 2.90 bits per heavy atom. The van der Waals surface area contributed by atoms with Crippen LogP contribution in [0.25, 0.3) is 0 Å². The van der Waals surface area contributed by atoms with Crippen molar-refractivity contribution in [3.05, 3.63) is 45.1 Å². The quantitative estimate of drug-likeness (QED) is 0.885. The van der Waals surface area contributed by atoms with E-state index in [4.69, 9.17) is 22.1 Å². The fraction of sp³-hybridized carbons (Fsp3) is 0.357. The van der Waals surface area contributed by atoms with Gasteiger partial charge in [-0.15, -0.1) is 0 Å². The summed E-state index contributed by atoms with van der Waals surface area (Å²) >= 11 is 9.59. The molecule has 0 amide bonds. The van der Waals surface area contributed by atoms with Crippen molar-refractivity contribution in [1.82, 2.24) is 9.78 Å². The molecule has 0 spiro atoms. The van der Waals surface area contributed by atoms with Gasteiger partial charge in [0.15, 0.2) is 0 Å². The van der Waals surface area contributed by atoms with Gasteiger partial charge in [-0.1, -0.05) is 18.5 Å². The molecule has 6 heteroatoms. The van der Waals surface area contributed by atoms with E-state index in [1.54, 1.807) is 19.4 Å². The average Bonchev–Trinajstić information content (AvgIpc) is 2.79. The molecule has 1 atom stereocenters. The lowest BCUT2D eigenvalue weighted by molar-refractivity contribution is 0.406. The van der Waals surface area contributed by atoms with E-state index in [0.717, 1.165) is 34.4 Å². The molecule has 0 bridgehead atoms. The minimum atomic E-state index is -0.355. The molecule has 1 unspecified atom stereocenters. The molecular formula is C14H17BrClN3O. The molecule has 1 aromatic heterocycles. The van der Waals surface area contributed by atoms with Gasteiger partial charge in [0.2, 0.25) is 0 Å². The number of nitrogens with two attached hydrogens (primary N) is 1. The molecule has 0 fully saturated rings. The Balaban J connectivity index is 2.48. The van der Waals surface area contributed by atoms with Gasteiger partial charge in [0.1, 0.15) is 5.75 Å². The normalized spacial score (nSPS) is 12.4. The van der Waals surface area contributed by atoms with Crippen molar-refractivity contribution in [3.8, 4) is 5.75 Å². The Morgan fingerprint density at radius 1 is 1.50 bits per heavy atom. The predicted octanol–water partition coefficient (Wildman–Crippen LogP) is 3.77. The van der Waals surface area contributed by atoms with Crippen LogP contribution >= 0.6 is 27.5 Å². The molecule has 4 nitrogen and oxygen atoms in total. The minimum Gasteiger partial charge on any atom is -0.496 e. The Hall–Kier alpha value is -1.04. The van der Waals surface area contributed by atoms with E-state index in [0.29, 0.717) is 5.02 Å². The second-order valence-corrected chi connectivity index (χ2v) is 5.76. The molecule has 108 valence electrons.